The number of benzene rings is 7. The Hall–Kier alpha value is -8.05. The van der Waals surface area contributed by atoms with Gasteiger partial charge in [-0.1, -0.05) is 214 Å². The monoisotopic (exact) mass is 1040 g/mol. The fourth-order valence-corrected chi connectivity index (χ4v) is 7.38. The lowest BCUT2D eigenvalue weighted by Gasteiger charge is -2.29. The molecule has 0 spiro atoms. The highest BCUT2D eigenvalue weighted by molar-refractivity contribution is 5.83. The van der Waals surface area contributed by atoms with E-state index in [1.165, 1.54) is 0 Å². The van der Waals surface area contributed by atoms with E-state index in [0.717, 1.165) is 60.8 Å². The van der Waals surface area contributed by atoms with E-state index in [0.29, 0.717) is 19.3 Å². The van der Waals surface area contributed by atoms with Gasteiger partial charge in [0.05, 0.1) is 0 Å². The molecular weight excluding hydrogens is 963 g/mol. The Morgan fingerprint density at radius 1 is 0.408 bits per heavy atom. The van der Waals surface area contributed by atoms with Crippen LogP contribution in [0.25, 0.3) is 10.8 Å². The smallest absolute Gasteiger partial charge is 0.321 e. The number of fused-ring (bicyclic) bond motifs is 1. The summed E-state index contributed by atoms with van der Waals surface area (Å²) >= 11 is 0. The normalized spacial score (nSPS) is 12.5. The summed E-state index contributed by atoms with van der Waals surface area (Å²) in [4.78, 5) is 53.6. The summed E-state index contributed by atoms with van der Waals surface area (Å²) in [5.41, 5.74) is 36.3. The van der Waals surface area contributed by atoms with Gasteiger partial charge >= 0.3 is 29.8 Å². The largest absolute Gasteiger partial charge is 0.480 e. The molecule has 0 aliphatic carbocycles. The molecule has 0 radical (unpaired) electrons. The van der Waals surface area contributed by atoms with Crippen molar-refractivity contribution in [2.45, 2.75) is 103 Å². The zero-order valence-electron chi connectivity index (χ0n) is 43.0. The number of hydrogen-bond acceptors (Lipinski definition) is 10. The van der Waals surface area contributed by atoms with Crippen LogP contribution < -0.4 is 28.7 Å². The van der Waals surface area contributed by atoms with Crippen LogP contribution in [0.3, 0.4) is 0 Å². The highest BCUT2D eigenvalue weighted by Gasteiger charge is 2.33. The van der Waals surface area contributed by atoms with E-state index in [4.69, 9.17) is 54.2 Å². The average Bonchev–Trinajstić information content (AvgIpc) is 3.38. The predicted molar refractivity (Wildman–Crippen MR) is 301 cm³/mol. The van der Waals surface area contributed by atoms with Gasteiger partial charge in [0.1, 0.15) is 30.2 Å². The summed E-state index contributed by atoms with van der Waals surface area (Å²) in [6.07, 6.45) is 1.13. The minimum Gasteiger partial charge on any atom is -0.480 e. The average molecular weight is 1040 g/mol. The third-order valence-corrected chi connectivity index (χ3v) is 12.2. The van der Waals surface area contributed by atoms with Crippen LogP contribution in [0.5, 0.6) is 0 Å². The molecule has 7 aromatic rings. The quantitative estimate of drug-likeness (QED) is 0.0436. The predicted octanol–water partition coefficient (Wildman–Crippen LogP) is 8.24. The van der Waals surface area contributed by atoms with Crippen molar-refractivity contribution in [2.24, 2.45) is 28.7 Å². The van der Waals surface area contributed by atoms with Gasteiger partial charge in [-0.25, -0.2) is 0 Å². The molecule has 0 aliphatic heterocycles. The second kappa shape index (κ2) is 31.6. The summed E-state index contributed by atoms with van der Waals surface area (Å²) in [6, 6.07) is 51.7. The lowest BCUT2D eigenvalue weighted by Crippen LogP contribution is -2.46. The van der Waals surface area contributed by atoms with E-state index in [1.807, 2.05) is 211 Å². The maximum atomic E-state index is 11.2. The molecule has 404 valence electrons. The molecule has 0 saturated heterocycles. The summed E-state index contributed by atoms with van der Waals surface area (Å²) in [7, 11) is 0. The van der Waals surface area contributed by atoms with Crippen molar-refractivity contribution >= 4 is 40.6 Å². The van der Waals surface area contributed by atoms with Crippen molar-refractivity contribution in [1.82, 2.24) is 0 Å². The third-order valence-electron chi connectivity index (χ3n) is 12.2. The van der Waals surface area contributed by atoms with Gasteiger partial charge in [0.25, 0.3) is 0 Å². The number of carboxylic acid groups (broad SMARTS) is 5. The molecule has 7 aromatic carbocycles. The first kappa shape index (κ1) is 64.1. The third kappa shape index (κ3) is 21.4. The van der Waals surface area contributed by atoms with Gasteiger partial charge in [-0.3, -0.25) is 24.0 Å². The summed E-state index contributed by atoms with van der Waals surface area (Å²) in [5, 5.41) is 46.2. The van der Waals surface area contributed by atoms with Crippen LogP contribution >= 0.6 is 0 Å². The molecule has 0 unspecified atom stereocenters. The van der Waals surface area contributed by atoms with Crippen molar-refractivity contribution in [3.8, 4) is 0 Å². The molecular formula is C61H75N5O10. The molecule has 76 heavy (non-hydrogen) atoms. The van der Waals surface area contributed by atoms with E-state index in [-0.39, 0.29) is 13.3 Å². The molecule has 0 saturated carbocycles. The standard InChI is InChI=1S/C15H15NO2.C13H13NO2.C12H17NO2.2C10H13NO2.CH4/c16-14(15(17)18)13(11-7-3-1-4-8-11)12-9-5-2-6-10-12;14-12(13(15)16)8-9-5-6-10-3-1-2-4-11(10)7-9;1-8-4-6-9(7-5-8)12(2,3)10(13)11(14)15;2*1-7-2-4-8(5-3-7)6-9(11)10(12)13;/h1-10,13-14H,16H2,(H,17,18);1-7,12H,8,14H2,(H,15,16);4-7,10H,13H2,1-3H3,(H,14,15);2*2-5,9H,6,11H2,1H3,(H,12,13);1H4/t14-;12-;10-;2*9-;/m00100./s1. The number of carbonyl (C=O) groups is 5. The van der Waals surface area contributed by atoms with Crippen LogP contribution in [-0.4, -0.2) is 85.6 Å². The number of hydrogen-bond donors (Lipinski definition) is 10. The second-order valence-electron chi connectivity index (χ2n) is 18.7. The van der Waals surface area contributed by atoms with E-state index in [9.17, 15) is 24.0 Å². The molecule has 15 N–H and O–H groups in total. The van der Waals surface area contributed by atoms with Crippen molar-refractivity contribution in [2.75, 3.05) is 0 Å². The molecule has 0 fully saturated rings. The summed E-state index contributed by atoms with van der Waals surface area (Å²) < 4.78 is 0. The van der Waals surface area contributed by atoms with Crippen molar-refractivity contribution < 1.29 is 49.5 Å². The minimum atomic E-state index is -0.993. The van der Waals surface area contributed by atoms with E-state index in [1.54, 1.807) is 0 Å². The van der Waals surface area contributed by atoms with Crippen molar-refractivity contribution in [1.29, 1.82) is 0 Å². The van der Waals surface area contributed by atoms with E-state index < -0.39 is 65.5 Å². The highest BCUT2D eigenvalue weighted by atomic mass is 16.4. The number of aliphatic carboxylic acids is 5. The van der Waals surface area contributed by atoms with Gasteiger partial charge in [0.15, 0.2) is 0 Å². The number of carboxylic acids is 5. The number of nitrogens with two attached hydrogens (primary N) is 5. The van der Waals surface area contributed by atoms with Gasteiger partial charge < -0.3 is 54.2 Å². The second-order valence-corrected chi connectivity index (χ2v) is 18.7. The Bertz CT molecular complexity index is 2780. The van der Waals surface area contributed by atoms with Gasteiger partial charge in [0.2, 0.25) is 0 Å². The molecule has 0 bridgehead atoms. The molecule has 0 heterocycles. The number of rotatable bonds is 16. The fraction of sp³-hybridized carbons (Fsp3) is 0.262. The van der Waals surface area contributed by atoms with Gasteiger partial charge in [0, 0.05) is 11.3 Å². The Labute approximate surface area is 446 Å². The van der Waals surface area contributed by atoms with Crippen LogP contribution in [0, 0.1) is 20.8 Å². The lowest BCUT2D eigenvalue weighted by molar-refractivity contribution is -0.140. The Morgan fingerprint density at radius 2 is 0.737 bits per heavy atom. The van der Waals surface area contributed by atoms with Gasteiger partial charge in [-0.05, 0) is 84.2 Å². The van der Waals surface area contributed by atoms with Crippen LogP contribution in [-0.2, 0) is 48.7 Å². The zero-order chi connectivity index (χ0) is 55.8. The number of aryl methyl sites for hydroxylation is 3. The van der Waals surface area contributed by atoms with Crippen LogP contribution in [0.2, 0.25) is 0 Å². The molecule has 0 aromatic heterocycles. The molecule has 15 nitrogen and oxygen atoms in total. The van der Waals surface area contributed by atoms with E-state index in [2.05, 4.69) is 0 Å². The Kier molecular flexibility index (Phi) is 26.7. The fourth-order valence-electron chi connectivity index (χ4n) is 7.38. The van der Waals surface area contributed by atoms with Gasteiger partial charge in [-0.2, -0.15) is 0 Å². The zero-order valence-corrected chi connectivity index (χ0v) is 43.0. The van der Waals surface area contributed by atoms with Crippen LogP contribution in [0.15, 0.2) is 176 Å². The van der Waals surface area contributed by atoms with Crippen LogP contribution in [0.1, 0.15) is 77.3 Å². The summed E-state index contributed by atoms with van der Waals surface area (Å²) in [5.74, 6) is -5.17. The van der Waals surface area contributed by atoms with Crippen molar-refractivity contribution in [3.05, 3.63) is 226 Å². The minimum absolute atomic E-state index is 0. The van der Waals surface area contributed by atoms with Crippen molar-refractivity contribution in [3.63, 3.8) is 0 Å². The Balaban J connectivity index is 0.000000326. The maximum absolute atomic E-state index is 11.2. The highest BCUT2D eigenvalue weighted by Crippen LogP contribution is 2.28. The topological polar surface area (TPSA) is 317 Å². The molecule has 5 atom stereocenters. The Morgan fingerprint density at radius 3 is 1.09 bits per heavy atom. The summed E-state index contributed by atoms with van der Waals surface area (Å²) in [6.45, 7) is 9.66. The molecule has 0 amide bonds. The molecule has 15 heteroatoms. The first-order chi connectivity index (χ1) is 35.4. The van der Waals surface area contributed by atoms with Gasteiger partial charge in [-0.15, -0.1) is 0 Å². The first-order valence-electron chi connectivity index (χ1n) is 24.1. The SMILES string of the molecule is C.Cc1ccc(C(C)(C)[C@H](N)C(=O)O)cc1.Cc1ccc(C[C@H](N)C(=O)O)cc1.Cc1ccc(C[C@H](N)C(=O)O)cc1.N[C@@H](Cc1ccc2ccccc2c1)C(=O)O.N[C@H](C(=O)O)C(c1ccccc1)c1ccccc1. The first-order valence-corrected chi connectivity index (χ1v) is 24.1. The maximum Gasteiger partial charge on any atom is 0.321 e. The molecule has 7 rings (SSSR count). The lowest BCUT2D eigenvalue weighted by atomic mass is 9.78. The molecule has 0 aliphatic rings. The van der Waals surface area contributed by atoms with Crippen LogP contribution in [0.4, 0.5) is 0 Å². The van der Waals surface area contributed by atoms with E-state index >= 15 is 0 Å².